The first-order valence-corrected chi connectivity index (χ1v) is 8.73. The molecule has 0 radical (unpaired) electrons. The van der Waals surface area contributed by atoms with E-state index in [9.17, 15) is 8.42 Å². The SMILES string of the molecule is CCCC(CCCN)c1ccc(S(=O)(=O)CC)cc1. The standard InChI is InChI=1S/C15H25NO2S/c1-3-6-13(7-5-12-16)14-8-10-15(11-9-14)19(17,18)4-2/h8-11,13H,3-7,12,16H2,1-2H3. The molecule has 108 valence electrons. The molecular formula is C15H25NO2S. The van der Waals surface area contributed by atoms with E-state index in [1.165, 1.54) is 5.56 Å². The molecule has 0 amide bonds. The van der Waals surface area contributed by atoms with Crippen molar-refractivity contribution in [2.24, 2.45) is 5.73 Å². The van der Waals surface area contributed by atoms with Crippen molar-refractivity contribution in [1.29, 1.82) is 0 Å². The van der Waals surface area contributed by atoms with Crippen molar-refractivity contribution in [1.82, 2.24) is 0 Å². The van der Waals surface area contributed by atoms with Crippen LogP contribution in [0.3, 0.4) is 0 Å². The molecule has 0 saturated heterocycles. The fourth-order valence-corrected chi connectivity index (χ4v) is 3.19. The Morgan fingerprint density at radius 3 is 2.21 bits per heavy atom. The maximum Gasteiger partial charge on any atom is 0.178 e. The topological polar surface area (TPSA) is 60.2 Å². The molecule has 2 N–H and O–H groups in total. The van der Waals surface area contributed by atoms with Crippen LogP contribution in [0.5, 0.6) is 0 Å². The Hall–Kier alpha value is -0.870. The van der Waals surface area contributed by atoms with E-state index in [1.807, 2.05) is 12.1 Å². The average Bonchev–Trinajstić information content (AvgIpc) is 2.43. The minimum absolute atomic E-state index is 0.151. The van der Waals surface area contributed by atoms with Crippen molar-refractivity contribution in [2.75, 3.05) is 12.3 Å². The predicted molar refractivity (Wildman–Crippen MR) is 80.1 cm³/mol. The van der Waals surface area contributed by atoms with Gasteiger partial charge in [0, 0.05) is 0 Å². The van der Waals surface area contributed by atoms with Gasteiger partial charge in [0.05, 0.1) is 10.6 Å². The molecule has 1 atom stereocenters. The van der Waals surface area contributed by atoms with Gasteiger partial charge in [0.1, 0.15) is 0 Å². The molecule has 1 unspecified atom stereocenters. The van der Waals surface area contributed by atoms with Gasteiger partial charge in [-0.3, -0.25) is 0 Å². The second-order valence-corrected chi connectivity index (χ2v) is 7.17. The quantitative estimate of drug-likeness (QED) is 0.797. The minimum atomic E-state index is -3.09. The molecular weight excluding hydrogens is 258 g/mol. The molecule has 4 heteroatoms. The van der Waals surface area contributed by atoms with E-state index in [4.69, 9.17) is 5.73 Å². The summed E-state index contributed by atoms with van der Waals surface area (Å²) in [7, 11) is -3.09. The maximum absolute atomic E-state index is 11.8. The highest BCUT2D eigenvalue weighted by atomic mass is 32.2. The van der Waals surface area contributed by atoms with E-state index in [-0.39, 0.29) is 5.75 Å². The molecule has 0 aliphatic rings. The lowest BCUT2D eigenvalue weighted by Gasteiger charge is -2.16. The first kappa shape index (κ1) is 16.2. The molecule has 19 heavy (non-hydrogen) atoms. The van der Waals surface area contributed by atoms with Crippen molar-refractivity contribution < 1.29 is 8.42 Å². The van der Waals surface area contributed by atoms with E-state index in [0.717, 1.165) is 25.7 Å². The van der Waals surface area contributed by atoms with Gasteiger partial charge in [-0.2, -0.15) is 0 Å². The van der Waals surface area contributed by atoms with E-state index in [2.05, 4.69) is 6.92 Å². The molecule has 1 rings (SSSR count). The monoisotopic (exact) mass is 283 g/mol. The minimum Gasteiger partial charge on any atom is -0.330 e. The third-order valence-electron chi connectivity index (χ3n) is 3.48. The number of rotatable bonds is 8. The summed E-state index contributed by atoms with van der Waals surface area (Å²) < 4.78 is 23.5. The summed E-state index contributed by atoms with van der Waals surface area (Å²) in [6.07, 6.45) is 4.34. The Labute approximate surface area is 117 Å². The highest BCUT2D eigenvalue weighted by Crippen LogP contribution is 2.27. The van der Waals surface area contributed by atoms with Gasteiger partial charge in [0.2, 0.25) is 0 Å². The van der Waals surface area contributed by atoms with E-state index in [0.29, 0.717) is 17.4 Å². The zero-order valence-electron chi connectivity index (χ0n) is 11.9. The summed E-state index contributed by atoms with van der Waals surface area (Å²) in [5.41, 5.74) is 6.80. The van der Waals surface area contributed by atoms with Gasteiger partial charge < -0.3 is 5.73 Å². The Kier molecular flexibility index (Phi) is 6.52. The van der Waals surface area contributed by atoms with Gasteiger partial charge in [0.25, 0.3) is 0 Å². The Bertz CT molecular complexity index is 465. The van der Waals surface area contributed by atoms with Crippen LogP contribution in [-0.4, -0.2) is 20.7 Å². The average molecular weight is 283 g/mol. The third-order valence-corrected chi connectivity index (χ3v) is 5.23. The summed E-state index contributed by atoms with van der Waals surface area (Å²) in [6.45, 7) is 4.55. The van der Waals surface area contributed by atoms with Gasteiger partial charge in [-0.05, 0) is 49.4 Å². The van der Waals surface area contributed by atoms with Crippen molar-refractivity contribution >= 4 is 9.84 Å². The van der Waals surface area contributed by atoms with E-state index in [1.54, 1.807) is 19.1 Å². The lowest BCUT2D eigenvalue weighted by molar-refractivity contribution is 0.549. The highest BCUT2D eigenvalue weighted by molar-refractivity contribution is 7.91. The van der Waals surface area contributed by atoms with E-state index >= 15 is 0 Å². The second kappa shape index (κ2) is 7.65. The van der Waals surface area contributed by atoms with Crippen LogP contribution in [0, 0.1) is 0 Å². The fourth-order valence-electron chi connectivity index (χ4n) is 2.30. The third kappa shape index (κ3) is 4.62. The number of sulfone groups is 1. The van der Waals surface area contributed by atoms with Crippen LogP contribution in [0.4, 0.5) is 0 Å². The zero-order valence-corrected chi connectivity index (χ0v) is 12.7. The molecule has 0 aromatic heterocycles. The van der Waals surface area contributed by atoms with Crippen molar-refractivity contribution in [2.45, 2.75) is 50.3 Å². The van der Waals surface area contributed by atoms with Crippen LogP contribution in [0.1, 0.15) is 51.0 Å². The van der Waals surface area contributed by atoms with Gasteiger partial charge in [-0.15, -0.1) is 0 Å². The van der Waals surface area contributed by atoms with Crippen molar-refractivity contribution in [3.05, 3.63) is 29.8 Å². The van der Waals surface area contributed by atoms with Crippen molar-refractivity contribution in [3.63, 3.8) is 0 Å². The first-order chi connectivity index (χ1) is 9.05. The highest BCUT2D eigenvalue weighted by Gasteiger charge is 2.14. The predicted octanol–water partition coefficient (Wildman–Crippen LogP) is 3.10. The molecule has 1 aromatic carbocycles. The molecule has 0 fully saturated rings. The first-order valence-electron chi connectivity index (χ1n) is 7.08. The molecule has 0 heterocycles. The van der Waals surface area contributed by atoms with Crippen LogP contribution >= 0.6 is 0 Å². The summed E-state index contributed by atoms with van der Waals surface area (Å²) in [4.78, 5) is 0.424. The van der Waals surface area contributed by atoms with Crippen LogP contribution < -0.4 is 5.73 Å². The lowest BCUT2D eigenvalue weighted by Crippen LogP contribution is -2.06. The van der Waals surface area contributed by atoms with Gasteiger partial charge in [-0.25, -0.2) is 8.42 Å². The molecule has 0 aliphatic heterocycles. The molecule has 3 nitrogen and oxygen atoms in total. The fraction of sp³-hybridized carbons (Fsp3) is 0.600. The normalized spacial score (nSPS) is 13.4. The molecule has 0 aliphatic carbocycles. The van der Waals surface area contributed by atoms with Crippen LogP contribution in [-0.2, 0) is 9.84 Å². The summed E-state index contributed by atoms with van der Waals surface area (Å²) in [5.74, 6) is 0.643. The van der Waals surface area contributed by atoms with E-state index < -0.39 is 9.84 Å². The van der Waals surface area contributed by atoms with Gasteiger partial charge in [-0.1, -0.05) is 32.4 Å². The van der Waals surface area contributed by atoms with Gasteiger partial charge in [0.15, 0.2) is 9.84 Å². The number of benzene rings is 1. The van der Waals surface area contributed by atoms with Crippen LogP contribution in [0.15, 0.2) is 29.2 Å². The lowest BCUT2D eigenvalue weighted by atomic mass is 9.90. The summed E-state index contributed by atoms with van der Waals surface area (Å²) in [5, 5.41) is 0. The Morgan fingerprint density at radius 1 is 1.11 bits per heavy atom. The zero-order chi connectivity index (χ0) is 14.3. The van der Waals surface area contributed by atoms with Gasteiger partial charge >= 0.3 is 0 Å². The van der Waals surface area contributed by atoms with Crippen molar-refractivity contribution in [3.8, 4) is 0 Å². The molecule has 0 saturated carbocycles. The Morgan fingerprint density at radius 2 is 1.74 bits per heavy atom. The molecule has 1 aromatic rings. The number of hydrogen-bond acceptors (Lipinski definition) is 3. The second-order valence-electron chi connectivity index (χ2n) is 4.89. The largest absolute Gasteiger partial charge is 0.330 e. The smallest absolute Gasteiger partial charge is 0.178 e. The van der Waals surface area contributed by atoms with Crippen LogP contribution in [0.25, 0.3) is 0 Å². The molecule has 0 bridgehead atoms. The summed E-state index contributed by atoms with van der Waals surface area (Å²) in [6, 6.07) is 7.39. The number of nitrogens with two attached hydrogens (primary N) is 1. The maximum atomic E-state index is 11.8. The molecule has 0 spiro atoms. The Balaban J connectivity index is 2.88. The van der Waals surface area contributed by atoms with Crippen LogP contribution in [0.2, 0.25) is 0 Å². The number of hydrogen-bond donors (Lipinski definition) is 1. The summed E-state index contributed by atoms with van der Waals surface area (Å²) >= 11 is 0.